The Morgan fingerprint density at radius 1 is 1.40 bits per heavy atom. The molecule has 0 aromatic heterocycles. The molecule has 0 aliphatic heterocycles. The fraction of sp³-hybridized carbons (Fsp3) is 0.231. The fourth-order valence-corrected chi connectivity index (χ4v) is 1.49. The van der Waals surface area contributed by atoms with Crippen LogP contribution in [-0.2, 0) is 0 Å². The SMILES string of the molecule is C=CCNC(=S)NN=Cc1cc(OC)c(O)c(OC)c1. The molecule has 20 heavy (non-hydrogen) atoms. The summed E-state index contributed by atoms with van der Waals surface area (Å²) >= 11 is 4.98. The molecule has 108 valence electrons. The average Bonchev–Trinajstić information content (AvgIpc) is 2.46. The maximum atomic E-state index is 9.77. The van der Waals surface area contributed by atoms with Crippen LogP contribution in [0, 0.1) is 0 Å². The number of hydrogen-bond acceptors (Lipinski definition) is 5. The molecule has 0 amide bonds. The van der Waals surface area contributed by atoms with Gasteiger partial charge in [-0.1, -0.05) is 6.08 Å². The zero-order valence-corrected chi connectivity index (χ0v) is 12.2. The highest BCUT2D eigenvalue weighted by Gasteiger charge is 2.10. The predicted octanol–water partition coefficient (Wildman–Crippen LogP) is 1.39. The van der Waals surface area contributed by atoms with Gasteiger partial charge in [-0.25, -0.2) is 0 Å². The first-order valence-electron chi connectivity index (χ1n) is 5.75. The number of ether oxygens (including phenoxy) is 2. The Labute approximate surface area is 123 Å². The van der Waals surface area contributed by atoms with E-state index >= 15 is 0 Å². The van der Waals surface area contributed by atoms with Gasteiger partial charge in [0.15, 0.2) is 16.6 Å². The number of hydrazone groups is 1. The molecule has 0 spiro atoms. The third kappa shape index (κ3) is 4.43. The molecule has 0 saturated carbocycles. The first-order valence-corrected chi connectivity index (χ1v) is 6.16. The van der Waals surface area contributed by atoms with Crippen molar-refractivity contribution in [2.24, 2.45) is 5.10 Å². The smallest absolute Gasteiger partial charge is 0.200 e. The highest BCUT2D eigenvalue weighted by molar-refractivity contribution is 7.80. The lowest BCUT2D eigenvalue weighted by molar-refractivity contribution is 0.340. The van der Waals surface area contributed by atoms with E-state index in [1.807, 2.05) is 0 Å². The summed E-state index contributed by atoms with van der Waals surface area (Å²) in [5.41, 5.74) is 3.34. The Balaban J connectivity index is 2.76. The van der Waals surface area contributed by atoms with Crippen LogP contribution in [-0.4, -0.2) is 37.2 Å². The molecular weight excluding hydrogens is 278 g/mol. The van der Waals surface area contributed by atoms with Crippen LogP contribution in [0.4, 0.5) is 0 Å². The van der Waals surface area contributed by atoms with Crippen molar-refractivity contribution in [2.45, 2.75) is 0 Å². The van der Waals surface area contributed by atoms with Crippen molar-refractivity contribution in [3.05, 3.63) is 30.4 Å². The molecule has 0 aliphatic rings. The minimum atomic E-state index is -0.0525. The van der Waals surface area contributed by atoms with Crippen molar-refractivity contribution in [1.29, 1.82) is 0 Å². The van der Waals surface area contributed by atoms with Crippen LogP contribution in [0.25, 0.3) is 0 Å². The van der Waals surface area contributed by atoms with E-state index in [-0.39, 0.29) is 5.75 Å². The molecular formula is C13H17N3O3S. The first kappa shape index (κ1) is 15.8. The van der Waals surface area contributed by atoms with Crippen LogP contribution >= 0.6 is 12.2 Å². The van der Waals surface area contributed by atoms with Gasteiger partial charge in [-0.2, -0.15) is 5.10 Å². The molecule has 1 aromatic rings. The molecule has 0 heterocycles. The Morgan fingerprint density at radius 2 is 2.00 bits per heavy atom. The topological polar surface area (TPSA) is 75.1 Å². The summed E-state index contributed by atoms with van der Waals surface area (Å²) in [4.78, 5) is 0. The highest BCUT2D eigenvalue weighted by Crippen LogP contribution is 2.36. The lowest BCUT2D eigenvalue weighted by atomic mass is 10.2. The summed E-state index contributed by atoms with van der Waals surface area (Å²) in [5.74, 6) is 0.555. The van der Waals surface area contributed by atoms with Crippen molar-refractivity contribution >= 4 is 23.5 Å². The van der Waals surface area contributed by atoms with E-state index in [1.165, 1.54) is 20.4 Å². The number of benzene rings is 1. The third-order valence-corrected chi connectivity index (χ3v) is 2.52. The van der Waals surface area contributed by atoms with Crippen molar-refractivity contribution in [3.8, 4) is 17.2 Å². The molecule has 0 bridgehead atoms. The minimum absolute atomic E-state index is 0.0525. The second-order valence-corrected chi connectivity index (χ2v) is 4.05. The molecule has 0 unspecified atom stereocenters. The van der Waals surface area contributed by atoms with Crippen molar-refractivity contribution < 1.29 is 14.6 Å². The van der Waals surface area contributed by atoms with Gasteiger partial charge in [0.05, 0.1) is 20.4 Å². The summed E-state index contributed by atoms with van der Waals surface area (Å²) in [7, 11) is 2.92. The number of nitrogens with one attached hydrogen (secondary N) is 2. The normalized spacial score (nSPS) is 10.1. The van der Waals surface area contributed by atoms with E-state index < -0.39 is 0 Å². The van der Waals surface area contributed by atoms with E-state index in [4.69, 9.17) is 21.7 Å². The lowest BCUT2D eigenvalue weighted by Gasteiger charge is -2.09. The number of phenolic OH excluding ortho intramolecular Hbond substituents is 1. The van der Waals surface area contributed by atoms with E-state index in [9.17, 15) is 5.11 Å². The molecule has 0 radical (unpaired) electrons. The van der Waals surface area contributed by atoms with Crippen LogP contribution in [0.2, 0.25) is 0 Å². The van der Waals surface area contributed by atoms with Gasteiger partial charge in [-0.3, -0.25) is 5.43 Å². The number of aromatic hydroxyl groups is 1. The Kier molecular flexibility index (Phi) is 6.31. The van der Waals surface area contributed by atoms with Gasteiger partial charge in [0.25, 0.3) is 0 Å². The van der Waals surface area contributed by atoms with Gasteiger partial charge >= 0.3 is 0 Å². The van der Waals surface area contributed by atoms with Crippen LogP contribution in [0.15, 0.2) is 29.9 Å². The molecule has 0 fully saturated rings. The number of nitrogens with zero attached hydrogens (tertiary/aromatic N) is 1. The van der Waals surface area contributed by atoms with E-state index in [0.29, 0.717) is 28.7 Å². The minimum Gasteiger partial charge on any atom is -0.502 e. The monoisotopic (exact) mass is 295 g/mol. The van der Waals surface area contributed by atoms with Crippen LogP contribution in [0.5, 0.6) is 17.2 Å². The fourth-order valence-electron chi connectivity index (χ4n) is 1.36. The second-order valence-electron chi connectivity index (χ2n) is 3.64. The number of hydrogen-bond donors (Lipinski definition) is 3. The molecule has 1 aromatic carbocycles. The number of phenols is 1. The zero-order chi connectivity index (χ0) is 15.0. The van der Waals surface area contributed by atoms with Crippen LogP contribution in [0.1, 0.15) is 5.56 Å². The molecule has 3 N–H and O–H groups in total. The maximum Gasteiger partial charge on any atom is 0.200 e. The summed E-state index contributed by atoms with van der Waals surface area (Å²) in [6.45, 7) is 4.12. The summed E-state index contributed by atoms with van der Waals surface area (Å²) in [6, 6.07) is 3.26. The molecule has 6 nitrogen and oxygen atoms in total. The van der Waals surface area contributed by atoms with Crippen molar-refractivity contribution in [2.75, 3.05) is 20.8 Å². The summed E-state index contributed by atoms with van der Waals surface area (Å²) < 4.78 is 10.1. The Morgan fingerprint density at radius 3 is 2.50 bits per heavy atom. The molecule has 7 heteroatoms. The Bertz CT molecular complexity index is 493. The lowest BCUT2D eigenvalue weighted by Crippen LogP contribution is -2.31. The van der Waals surface area contributed by atoms with Gasteiger partial charge < -0.3 is 19.9 Å². The van der Waals surface area contributed by atoms with E-state index in [1.54, 1.807) is 18.2 Å². The zero-order valence-electron chi connectivity index (χ0n) is 11.3. The highest BCUT2D eigenvalue weighted by atomic mass is 32.1. The number of thiocarbonyl (C=S) groups is 1. The van der Waals surface area contributed by atoms with Gasteiger partial charge in [0.1, 0.15) is 0 Å². The molecule has 1 rings (SSSR count). The predicted molar refractivity (Wildman–Crippen MR) is 82.7 cm³/mol. The van der Waals surface area contributed by atoms with E-state index in [2.05, 4.69) is 22.4 Å². The Hall–Kier alpha value is -2.28. The molecule has 0 aliphatic carbocycles. The van der Waals surface area contributed by atoms with Crippen molar-refractivity contribution in [1.82, 2.24) is 10.7 Å². The van der Waals surface area contributed by atoms with Gasteiger partial charge in [0.2, 0.25) is 5.75 Å². The first-order chi connectivity index (χ1) is 9.62. The summed E-state index contributed by atoms with van der Waals surface area (Å²) in [5, 5.41) is 17.0. The molecule has 0 atom stereocenters. The van der Waals surface area contributed by atoms with E-state index in [0.717, 1.165) is 0 Å². The van der Waals surface area contributed by atoms with Crippen molar-refractivity contribution in [3.63, 3.8) is 0 Å². The third-order valence-electron chi connectivity index (χ3n) is 2.29. The van der Waals surface area contributed by atoms with Gasteiger partial charge in [-0.15, -0.1) is 6.58 Å². The standard InChI is InChI=1S/C13H17N3O3S/c1-4-5-14-13(20)16-15-8-9-6-10(18-2)12(17)11(7-9)19-3/h4,6-8,17H,1,5H2,2-3H3,(H2,14,16,20). The number of rotatable bonds is 6. The number of methoxy groups -OCH3 is 2. The van der Waals surface area contributed by atoms with Crippen LogP contribution in [0.3, 0.4) is 0 Å². The van der Waals surface area contributed by atoms with Crippen LogP contribution < -0.4 is 20.2 Å². The average molecular weight is 295 g/mol. The summed E-state index contributed by atoms with van der Waals surface area (Å²) in [6.07, 6.45) is 3.22. The maximum absolute atomic E-state index is 9.77. The van der Waals surface area contributed by atoms with Gasteiger partial charge in [-0.05, 0) is 24.4 Å². The second kappa shape index (κ2) is 8.00. The van der Waals surface area contributed by atoms with Gasteiger partial charge in [0, 0.05) is 12.1 Å². The largest absolute Gasteiger partial charge is 0.502 e. The quantitative estimate of drug-likeness (QED) is 0.319. The molecule has 0 saturated heterocycles.